The molecule has 114 heavy (non-hydrogen) atoms. The van der Waals surface area contributed by atoms with E-state index in [1.165, 1.54) is 32.8 Å². The lowest BCUT2D eigenvalue weighted by molar-refractivity contribution is 1.41. The maximum absolute atomic E-state index is 9.24. The molecular formula is C108H68N6. The van der Waals surface area contributed by atoms with Crippen LogP contribution < -0.4 is 0 Å². The molecule has 0 unspecified atom stereocenters. The molecule has 17 aromatic carbocycles. The fourth-order valence-corrected chi connectivity index (χ4v) is 16.2. The van der Waals surface area contributed by atoms with Gasteiger partial charge in [0.05, 0.1) is 63.0 Å². The van der Waals surface area contributed by atoms with Crippen molar-refractivity contribution >= 4 is 92.4 Å². The third-order valence-electron chi connectivity index (χ3n) is 21.6. The van der Waals surface area contributed by atoms with E-state index in [0.717, 1.165) is 166 Å². The van der Waals surface area contributed by atoms with Crippen molar-refractivity contribution in [1.29, 1.82) is 5.26 Å². The number of benzene rings is 17. The molecule has 4 aromatic heterocycles. The van der Waals surface area contributed by atoms with Crippen LogP contribution in [0.3, 0.4) is 0 Å². The molecule has 0 aliphatic rings. The van der Waals surface area contributed by atoms with E-state index in [0.29, 0.717) is 11.3 Å². The third-order valence-corrected chi connectivity index (χ3v) is 21.6. The van der Waals surface area contributed by atoms with Crippen molar-refractivity contribution < 1.29 is 0 Å². The molecule has 0 fully saturated rings. The van der Waals surface area contributed by atoms with Gasteiger partial charge in [0.1, 0.15) is 0 Å². The minimum Gasteiger partial charge on any atom is -0.247 e. The van der Waals surface area contributed by atoms with E-state index in [4.69, 9.17) is 26.5 Å². The Morgan fingerprint density at radius 3 is 0.904 bits per heavy atom. The van der Waals surface area contributed by atoms with Crippen LogP contribution >= 0.6 is 0 Å². The summed E-state index contributed by atoms with van der Waals surface area (Å²) in [6, 6.07) is 145. The van der Waals surface area contributed by atoms with Crippen LogP contribution in [0, 0.1) is 17.9 Å². The normalized spacial score (nSPS) is 11.1. The smallest absolute Gasteiger partial charge is 0.194 e. The lowest BCUT2D eigenvalue weighted by Crippen LogP contribution is -1.93. The number of fused-ring (bicyclic) bond motifs is 12. The molecule has 6 nitrogen and oxygen atoms in total. The lowest BCUT2D eigenvalue weighted by atomic mass is 9.90. The Labute approximate surface area is 660 Å². The van der Waals surface area contributed by atoms with Gasteiger partial charge in [-0.25, -0.2) is 24.8 Å². The summed E-state index contributed by atoms with van der Waals surface area (Å²) in [7, 11) is 0. The van der Waals surface area contributed by atoms with E-state index in [-0.39, 0.29) is 0 Å². The first kappa shape index (κ1) is 68.9. The van der Waals surface area contributed by atoms with E-state index in [1.807, 2.05) is 91.0 Å². The summed E-state index contributed by atoms with van der Waals surface area (Å²) in [4.78, 5) is 24.6. The zero-order valence-corrected chi connectivity index (χ0v) is 61.9. The van der Waals surface area contributed by atoms with Gasteiger partial charge in [0, 0.05) is 65.3 Å². The van der Waals surface area contributed by atoms with Gasteiger partial charge in [-0.1, -0.05) is 358 Å². The van der Waals surface area contributed by atoms with Crippen molar-refractivity contribution in [1.82, 2.24) is 19.9 Å². The molecule has 530 valence electrons. The van der Waals surface area contributed by atoms with Crippen LogP contribution in [0.4, 0.5) is 5.69 Å². The molecule has 6 heteroatoms. The van der Waals surface area contributed by atoms with Crippen molar-refractivity contribution in [2.45, 2.75) is 0 Å². The lowest BCUT2D eigenvalue weighted by Gasteiger charge is -2.16. The van der Waals surface area contributed by atoms with Crippen molar-refractivity contribution in [3.8, 4) is 118 Å². The number of nitriles is 1. The van der Waals surface area contributed by atoms with Gasteiger partial charge in [-0.05, 0) is 143 Å². The average molecular weight is 1450 g/mol. The van der Waals surface area contributed by atoms with Gasteiger partial charge in [0.25, 0.3) is 0 Å². The third kappa shape index (κ3) is 13.1. The van der Waals surface area contributed by atoms with E-state index < -0.39 is 0 Å². The van der Waals surface area contributed by atoms with E-state index in [1.54, 1.807) is 0 Å². The quantitative estimate of drug-likeness (QED) is 0.101. The number of para-hydroxylation sites is 2. The summed E-state index contributed by atoms with van der Waals surface area (Å²) in [5.41, 5.74) is 27.2. The molecule has 21 aromatic rings. The topological polar surface area (TPSA) is 79.7 Å². The Kier molecular flexibility index (Phi) is 18.4. The molecular weight excluding hydrogens is 1380 g/mol. The summed E-state index contributed by atoms with van der Waals surface area (Å²) in [5, 5.41) is 22.9. The van der Waals surface area contributed by atoms with Crippen molar-refractivity contribution in [3.63, 3.8) is 0 Å². The monoisotopic (exact) mass is 1450 g/mol. The first-order valence-electron chi connectivity index (χ1n) is 38.2. The maximum Gasteiger partial charge on any atom is 0.194 e. The van der Waals surface area contributed by atoms with Crippen LogP contribution in [0.5, 0.6) is 0 Å². The van der Waals surface area contributed by atoms with Gasteiger partial charge in [0.15, 0.2) is 5.69 Å². The van der Waals surface area contributed by atoms with Gasteiger partial charge in [-0.15, -0.1) is 0 Å². The first-order chi connectivity index (χ1) is 56.5. The molecule has 21 rings (SSSR count). The largest absolute Gasteiger partial charge is 0.247 e. The maximum atomic E-state index is 9.24. The Hall–Kier alpha value is -15.6. The number of hydrogen-bond acceptors (Lipinski definition) is 5. The van der Waals surface area contributed by atoms with Crippen LogP contribution in [-0.2, 0) is 0 Å². The van der Waals surface area contributed by atoms with Crippen molar-refractivity contribution in [2.75, 3.05) is 0 Å². The van der Waals surface area contributed by atoms with Crippen molar-refractivity contribution in [3.05, 3.63) is 429 Å². The van der Waals surface area contributed by atoms with Crippen LogP contribution in [-0.4, -0.2) is 19.9 Å². The highest BCUT2D eigenvalue weighted by atomic mass is 14.7. The fraction of sp³-hybridized carbons (Fsp3) is 0. The number of pyridine rings is 4. The second-order valence-electron chi connectivity index (χ2n) is 28.4. The molecule has 0 N–H and O–H groups in total. The minimum absolute atomic E-state index is 0.655. The Morgan fingerprint density at radius 1 is 0.211 bits per heavy atom. The number of hydrogen-bond donors (Lipinski definition) is 0. The molecule has 0 aliphatic heterocycles. The van der Waals surface area contributed by atoms with E-state index in [2.05, 4.69) is 332 Å². The molecule has 0 amide bonds. The van der Waals surface area contributed by atoms with Crippen LogP contribution in [0.25, 0.3) is 203 Å². The van der Waals surface area contributed by atoms with Crippen molar-refractivity contribution in [2.24, 2.45) is 0 Å². The van der Waals surface area contributed by atoms with Gasteiger partial charge in [0.2, 0.25) is 0 Å². The minimum atomic E-state index is 0.655. The molecule has 0 saturated heterocycles. The van der Waals surface area contributed by atoms with E-state index in [9.17, 15) is 5.26 Å². The molecule has 0 radical (unpaired) electrons. The number of aromatic nitrogens is 4. The molecule has 0 saturated carbocycles. The standard InChI is InChI=1S/C44H28N2.2C32H20N2/c1-3-13-29(14-4-1)39-28-42(31-15-5-2-6-16-31)46-44-37-21-10-8-18-34(37)38(27-40(39)44)30-23-25-32(26-24-30)43-36-20-9-7-17-33(36)35-19-11-12-22-41(35)45-43;1-33-30-19-11-10-17-25(30)28-20-29-27(22-12-4-2-5-13-22)21-31(23-14-6-3-7-15-23)34-32(29)26-18-9-8-16-24(26)28;33-21-22-15-17-24(18-16-22)28-19-30-29(23-9-3-1-4-10-23)20-31(25-11-5-2-6-12-25)34-32(30)27-14-8-7-13-26(27)28/h1-28H;2-21H;1-20H. The van der Waals surface area contributed by atoms with Gasteiger partial charge in [-0.2, -0.15) is 5.26 Å². The van der Waals surface area contributed by atoms with Gasteiger partial charge < -0.3 is 0 Å². The highest BCUT2D eigenvalue weighted by Crippen LogP contribution is 2.46. The summed E-state index contributed by atoms with van der Waals surface area (Å²) < 4.78 is 0. The Balaban J connectivity index is 0.000000117. The van der Waals surface area contributed by atoms with E-state index >= 15 is 0 Å². The fourth-order valence-electron chi connectivity index (χ4n) is 16.2. The number of rotatable bonds is 10. The summed E-state index contributed by atoms with van der Waals surface area (Å²) in [6.45, 7) is 7.72. The Morgan fingerprint density at radius 2 is 0.500 bits per heavy atom. The molecule has 0 aliphatic carbocycles. The Bertz CT molecular complexity index is 7310. The highest BCUT2D eigenvalue weighted by Gasteiger charge is 2.22. The van der Waals surface area contributed by atoms with Crippen LogP contribution in [0.15, 0.2) is 413 Å². The van der Waals surface area contributed by atoms with Crippen LogP contribution in [0.2, 0.25) is 0 Å². The zero-order chi connectivity index (χ0) is 76.3. The average Bonchev–Trinajstić information content (AvgIpc) is 0.758. The summed E-state index contributed by atoms with van der Waals surface area (Å²) >= 11 is 0. The predicted octanol–water partition coefficient (Wildman–Crippen LogP) is 29.0. The molecule has 4 heterocycles. The van der Waals surface area contributed by atoms with Crippen LogP contribution in [0.1, 0.15) is 5.56 Å². The SMILES string of the molecule is N#Cc1ccc(-c2cc3c(-c4ccccc4)cc(-c4ccccc4)nc3c3ccccc23)cc1.[C-]#[N+]c1ccccc1-c1cc2c(-c3ccccc3)cc(-c3ccccc3)nc2c2ccccc12.c1ccc(-c2cc(-c3ccccc3)c3cc(-c4ccc(-c5nc6ccccc6c6ccccc56)cc4)c4ccccc4c3n2)cc1. The highest BCUT2D eigenvalue weighted by molar-refractivity contribution is 6.20. The zero-order valence-electron chi connectivity index (χ0n) is 61.9. The molecule has 0 spiro atoms. The summed E-state index contributed by atoms with van der Waals surface area (Å²) in [5.74, 6) is 0. The second-order valence-corrected chi connectivity index (χ2v) is 28.4. The number of nitrogens with zero attached hydrogens (tertiary/aromatic N) is 6. The van der Waals surface area contributed by atoms with Gasteiger partial charge in [-0.3, -0.25) is 0 Å². The first-order valence-corrected chi connectivity index (χ1v) is 38.2. The second kappa shape index (κ2) is 30.5. The summed E-state index contributed by atoms with van der Waals surface area (Å²) in [6.07, 6.45) is 0. The van der Waals surface area contributed by atoms with Gasteiger partial charge >= 0.3 is 0 Å². The predicted molar refractivity (Wildman–Crippen MR) is 476 cm³/mol. The molecule has 0 atom stereocenters. The molecule has 0 bridgehead atoms.